The van der Waals surface area contributed by atoms with Crippen LogP contribution < -0.4 is 4.74 Å². The summed E-state index contributed by atoms with van der Waals surface area (Å²) in [5, 5.41) is 0.721. The van der Waals surface area contributed by atoms with Gasteiger partial charge in [-0.25, -0.2) is 4.98 Å². The van der Waals surface area contributed by atoms with E-state index in [1.165, 1.54) is 30.4 Å². The van der Waals surface area contributed by atoms with E-state index in [4.69, 9.17) is 9.72 Å². The minimum Gasteiger partial charge on any atom is -0.486 e. The summed E-state index contributed by atoms with van der Waals surface area (Å²) in [4.78, 5) is 16.9. The lowest BCUT2D eigenvalue weighted by atomic mass is 10.1. The van der Waals surface area contributed by atoms with E-state index in [2.05, 4.69) is 19.9 Å². The fourth-order valence-corrected chi connectivity index (χ4v) is 4.50. The van der Waals surface area contributed by atoms with Crippen LogP contribution in [0.5, 0.6) is 5.75 Å². The molecule has 7 heteroatoms. The number of ketones is 1. The van der Waals surface area contributed by atoms with Crippen LogP contribution in [0.2, 0.25) is 0 Å². The van der Waals surface area contributed by atoms with Crippen LogP contribution in [0.3, 0.4) is 0 Å². The normalized spacial score (nSPS) is 12.0. The van der Waals surface area contributed by atoms with Crippen LogP contribution >= 0.6 is 11.3 Å². The number of carbonyl (C=O) groups excluding carboxylic acids is 1. The number of aryl methyl sites for hydroxylation is 1. The predicted molar refractivity (Wildman–Crippen MR) is 127 cm³/mol. The standard InChI is InChI=1S/C26H26F3NO2S/c1-16(2)24-23(33-25(30-24)20-9-11-21(12-10-20)26(27,28)29)7-5-6-19-8-13-22(17(3)14-19)32-15-18(4)31/h5-6,8-14,16H,7,15H2,1-4H3/b6-5+. The highest BCUT2D eigenvalue weighted by atomic mass is 32.1. The van der Waals surface area contributed by atoms with Gasteiger partial charge in [0.2, 0.25) is 0 Å². The topological polar surface area (TPSA) is 39.2 Å². The first kappa shape index (κ1) is 24.7. The average Bonchev–Trinajstić information content (AvgIpc) is 3.17. The van der Waals surface area contributed by atoms with Gasteiger partial charge >= 0.3 is 6.18 Å². The first-order valence-electron chi connectivity index (χ1n) is 10.6. The Hall–Kier alpha value is -2.93. The van der Waals surface area contributed by atoms with Crippen molar-refractivity contribution in [1.82, 2.24) is 4.98 Å². The summed E-state index contributed by atoms with van der Waals surface area (Å²) in [6.07, 6.45) is 0.397. The Kier molecular flexibility index (Phi) is 7.74. The number of benzene rings is 2. The molecule has 0 amide bonds. The van der Waals surface area contributed by atoms with E-state index in [-0.39, 0.29) is 18.3 Å². The van der Waals surface area contributed by atoms with Crippen LogP contribution in [0.25, 0.3) is 16.6 Å². The molecular weight excluding hydrogens is 447 g/mol. The molecule has 174 valence electrons. The van der Waals surface area contributed by atoms with Crippen molar-refractivity contribution >= 4 is 23.2 Å². The minimum absolute atomic E-state index is 0.0282. The summed E-state index contributed by atoms with van der Waals surface area (Å²) in [5.74, 6) is 0.862. The van der Waals surface area contributed by atoms with Crippen molar-refractivity contribution in [2.75, 3.05) is 6.61 Å². The lowest BCUT2D eigenvalue weighted by molar-refractivity contribution is -0.137. The number of allylic oxidation sites excluding steroid dienone is 1. The number of hydrogen-bond donors (Lipinski definition) is 0. The number of carbonyl (C=O) groups is 1. The quantitative estimate of drug-likeness (QED) is 0.340. The second-order valence-corrected chi connectivity index (χ2v) is 9.26. The van der Waals surface area contributed by atoms with E-state index in [1.54, 1.807) is 0 Å². The second kappa shape index (κ2) is 10.3. The molecule has 0 N–H and O–H groups in total. The van der Waals surface area contributed by atoms with Gasteiger partial charge < -0.3 is 4.74 Å². The van der Waals surface area contributed by atoms with Crippen LogP contribution in [-0.2, 0) is 17.4 Å². The Bertz CT molecular complexity index is 1150. The lowest BCUT2D eigenvalue weighted by Crippen LogP contribution is -2.07. The van der Waals surface area contributed by atoms with Crippen molar-refractivity contribution in [2.45, 2.75) is 46.2 Å². The molecule has 3 rings (SSSR count). The molecule has 0 aliphatic rings. The maximum atomic E-state index is 12.9. The van der Waals surface area contributed by atoms with Crippen LogP contribution in [0.1, 0.15) is 54.0 Å². The number of hydrogen-bond acceptors (Lipinski definition) is 4. The lowest BCUT2D eigenvalue weighted by Gasteiger charge is -2.08. The van der Waals surface area contributed by atoms with Crippen molar-refractivity contribution in [3.8, 4) is 16.3 Å². The molecule has 0 atom stereocenters. The summed E-state index contributed by atoms with van der Waals surface area (Å²) in [5.41, 5.74) is 2.94. The molecule has 2 aromatic carbocycles. The number of alkyl halides is 3. The van der Waals surface area contributed by atoms with Crippen LogP contribution in [0, 0.1) is 6.92 Å². The summed E-state index contributed by atoms with van der Waals surface area (Å²) in [6.45, 7) is 7.59. The number of thiazole rings is 1. The minimum atomic E-state index is -4.35. The summed E-state index contributed by atoms with van der Waals surface area (Å²) >= 11 is 1.51. The molecule has 0 aliphatic heterocycles. The zero-order valence-corrected chi connectivity index (χ0v) is 19.8. The monoisotopic (exact) mass is 473 g/mol. The van der Waals surface area contributed by atoms with E-state index in [1.807, 2.05) is 31.2 Å². The fourth-order valence-electron chi connectivity index (χ4n) is 3.31. The third-order valence-corrected chi connectivity index (χ3v) is 6.12. The molecule has 3 nitrogen and oxygen atoms in total. The smallest absolute Gasteiger partial charge is 0.416 e. The van der Waals surface area contributed by atoms with E-state index in [0.717, 1.165) is 38.8 Å². The Morgan fingerprint density at radius 3 is 2.42 bits per heavy atom. The number of aromatic nitrogens is 1. The summed E-state index contributed by atoms with van der Waals surface area (Å²) in [6, 6.07) is 10.9. The Balaban J connectivity index is 1.76. The van der Waals surface area contributed by atoms with Gasteiger partial charge in [-0.3, -0.25) is 4.79 Å². The van der Waals surface area contributed by atoms with Gasteiger partial charge in [0.25, 0.3) is 0 Å². The fraction of sp³-hybridized carbons (Fsp3) is 0.308. The van der Waals surface area contributed by atoms with Gasteiger partial charge in [0, 0.05) is 16.9 Å². The molecule has 0 saturated carbocycles. The molecule has 3 aromatic rings. The SMILES string of the molecule is CC(=O)COc1ccc(/C=C/Cc2sc(-c3ccc(C(F)(F)F)cc3)nc2C(C)C)cc1C. The third-order valence-electron chi connectivity index (χ3n) is 4.98. The van der Waals surface area contributed by atoms with Crippen molar-refractivity contribution in [2.24, 2.45) is 0 Å². The molecule has 0 unspecified atom stereocenters. The summed E-state index contributed by atoms with van der Waals surface area (Å²) in [7, 11) is 0. The van der Waals surface area contributed by atoms with Crippen LogP contribution in [0.15, 0.2) is 48.5 Å². The van der Waals surface area contributed by atoms with E-state index >= 15 is 0 Å². The van der Waals surface area contributed by atoms with Crippen LogP contribution in [0.4, 0.5) is 13.2 Å². The van der Waals surface area contributed by atoms with E-state index < -0.39 is 11.7 Å². The van der Waals surface area contributed by atoms with Gasteiger partial charge in [0.15, 0.2) is 5.78 Å². The molecule has 1 heterocycles. The largest absolute Gasteiger partial charge is 0.486 e. The molecule has 0 bridgehead atoms. The first-order valence-corrected chi connectivity index (χ1v) is 11.4. The number of halogens is 3. The zero-order chi connectivity index (χ0) is 24.2. The van der Waals surface area contributed by atoms with Gasteiger partial charge in [-0.1, -0.05) is 44.2 Å². The van der Waals surface area contributed by atoms with Gasteiger partial charge in [-0.05, 0) is 55.2 Å². The maximum absolute atomic E-state index is 12.9. The highest BCUT2D eigenvalue weighted by Gasteiger charge is 2.30. The molecular formula is C26H26F3NO2S. The number of rotatable bonds is 8. The van der Waals surface area contributed by atoms with Crippen molar-refractivity contribution in [3.63, 3.8) is 0 Å². The molecule has 0 fully saturated rings. The van der Waals surface area contributed by atoms with Gasteiger partial charge in [-0.2, -0.15) is 13.2 Å². The Morgan fingerprint density at radius 2 is 1.85 bits per heavy atom. The van der Waals surface area contributed by atoms with Crippen molar-refractivity contribution in [1.29, 1.82) is 0 Å². The molecule has 0 saturated heterocycles. The zero-order valence-electron chi connectivity index (χ0n) is 19.0. The molecule has 0 spiro atoms. The van der Waals surface area contributed by atoms with Crippen LogP contribution in [-0.4, -0.2) is 17.4 Å². The molecule has 33 heavy (non-hydrogen) atoms. The number of ether oxygens (including phenoxy) is 1. The molecule has 0 radical (unpaired) electrons. The summed E-state index contributed by atoms with van der Waals surface area (Å²) < 4.78 is 44.1. The first-order chi connectivity index (χ1) is 15.5. The molecule has 1 aromatic heterocycles. The third kappa shape index (κ3) is 6.54. The van der Waals surface area contributed by atoms with E-state index in [9.17, 15) is 18.0 Å². The van der Waals surface area contributed by atoms with Gasteiger partial charge in [-0.15, -0.1) is 11.3 Å². The van der Waals surface area contributed by atoms with Crippen molar-refractivity contribution < 1.29 is 22.7 Å². The van der Waals surface area contributed by atoms with Crippen molar-refractivity contribution in [3.05, 3.63) is 75.8 Å². The average molecular weight is 474 g/mol. The van der Waals surface area contributed by atoms with Gasteiger partial charge in [0.1, 0.15) is 17.4 Å². The maximum Gasteiger partial charge on any atom is 0.416 e. The Morgan fingerprint density at radius 1 is 1.15 bits per heavy atom. The predicted octanol–water partition coefficient (Wildman–Crippen LogP) is 7.48. The Labute approximate surface area is 196 Å². The number of Topliss-reactive ketones (excluding diaryl/α,β-unsaturated/α-hetero) is 1. The number of nitrogens with zero attached hydrogens (tertiary/aromatic N) is 1. The second-order valence-electron chi connectivity index (χ2n) is 8.18. The van der Waals surface area contributed by atoms with E-state index in [0.29, 0.717) is 17.7 Å². The molecule has 0 aliphatic carbocycles. The highest BCUT2D eigenvalue weighted by Crippen LogP contribution is 2.35. The van der Waals surface area contributed by atoms with Gasteiger partial charge in [0.05, 0.1) is 11.3 Å². The highest BCUT2D eigenvalue weighted by molar-refractivity contribution is 7.15.